The van der Waals surface area contributed by atoms with Gasteiger partial charge >= 0.3 is 0 Å². The summed E-state index contributed by atoms with van der Waals surface area (Å²) in [5, 5.41) is 12.8. The Labute approximate surface area is 191 Å². The molecule has 1 amide bonds. The Bertz CT molecular complexity index is 1050. The van der Waals surface area contributed by atoms with Gasteiger partial charge in [-0.2, -0.15) is 0 Å². The van der Waals surface area contributed by atoms with Gasteiger partial charge in [-0.3, -0.25) is 9.63 Å². The van der Waals surface area contributed by atoms with Gasteiger partial charge in [0.2, 0.25) is 0 Å². The van der Waals surface area contributed by atoms with E-state index in [0.29, 0.717) is 23.0 Å². The first-order valence-electron chi connectivity index (χ1n) is 9.88. The van der Waals surface area contributed by atoms with Crippen LogP contribution in [0, 0.1) is 0 Å². The van der Waals surface area contributed by atoms with Crippen LogP contribution in [0.4, 0.5) is 0 Å². The predicted octanol–water partition coefficient (Wildman–Crippen LogP) is 4.99. The number of hydrogen-bond donors (Lipinski definition) is 1. The van der Waals surface area contributed by atoms with E-state index in [1.54, 1.807) is 30.9 Å². The predicted molar refractivity (Wildman–Crippen MR) is 122 cm³/mol. The summed E-state index contributed by atoms with van der Waals surface area (Å²) in [5.74, 6) is 0.581. The van der Waals surface area contributed by atoms with Crippen molar-refractivity contribution in [3.8, 4) is 0 Å². The van der Waals surface area contributed by atoms with Crippen LogP contribution in [-0.2, 0) is 18.0 Å². The van der Waals surface area contributed by atoms with Gasteiger partial charge in [0.05, 0.1) is 12.8 Å². The molecule has 0 radical (unpaired) electrons. The fourth-order valence-corrected chi connectivity index (χ4v) is 4.59. The van der Waals surface area contributed by atoms with Crippen LogP contribution in [0.3, 0.4) is 0 Å². The molecule has 0 aliphatic rings. The zero-order valence-electron chi connectivity index (χ0n) is 18.0. The lowest BCUT2D eigenvalue weighted by molar-refractivity contribution is -0.0756. The molecule has 2 aromatic carbocycles. The first kappa shape index (κ1) is 23.3. The third-order valence-corrected chi connectivity index (χ3v) is 6.17. The van der Waals surface area contributed by atoms with Crippen molar-refractivity contribution in [1.29, 1.82) is 0 Å². The summed E-state index contributed by atoms with van der Waals surface area (Å²) >= 11 is 7.75. The highest BCUT2D eigenvalue weighted by Crippen LogP contribution is 2.36. The molecule has 8 heteroatoms. The number of amides is 1. The largest absolute Gasteiger partial charge is 0.388 e. The number of aliphatic hydroxyl groups is 1. The number of benzene rings is 2. The van der Waals surface area contributed by atoms with Crippen LogP contribution in [0.5, 0.6) is 0 Å². The van der Waals surface area contributed by atoms with Gasteiger partial charge in [0.1, 0.15) is 17.5 Å². The van der Waals surface area contributed by atoms with Gasteiger partial charge in [0.25, 0.3) is 5.91 Å². The van der Waals surface area contributed by atoms with Crippen LogP contribution in [0.2, 0.25) is 5.02 Å². The highest BCUT2D eigenvalue weighted by atomic mass is 35.5. The van der Waals surface area contributed by atoms with Crippen molar-refractivity contribution in [2.45, 2.75) is 42.8 Å². The molecule has 0 saturated heterocycles. The number of carbonyl (C=O) groups is 1. The van der Waals surface area contributed by atoms with Gasteiger partial charge in [-0.15, -0.1) is 0 Å². The van der Waals surface area contributed by atoms with Crippen molar-refractivity contribution in [2.75, 3.05) is 14.2 Å². The van der Waals surface area contributed by atoms with Crippen LogP contribution in [0.25, 0.3) is 0 Å². The molecule has 3 aromatic rings. The maximum Gasteiger partial charge on any atom is 0.277 e. The standard InChI is InChI=1S/C23H26ClN3O3S/c1-15(2)21-23(31-19-7-5-6-18(24)12-19)27(20(14-28)25-21)13-16-8-10-17(11-9-16)22(29)26(3)30-4/h5-12,15,28H,13-14H2,1-4H3. The molecule has 164 valence electrons. The molecule has 1 aromatic heterocycles. The molecule has 0 unspecified atom stereocenters. The molecule has 0 aliphatic heterocycles. The van der Waals surface area contributed by atoms with Crippen molar-refractivity contribution in [3.63, 3.8) is 0 Å². The molecule has 0 saturated carbocycles. The summed E-state index contributed by atoms with van der Waals surface area (Å²) in [6, 6.07) is 15.0. The third-order valence-electron chi connectivity index (χ3n) is 4.83. The van der Waals surface area contributed by atoms with Gasteiger partial charge in [-0.25, -0.2) is 10.0 Å². The van der Waals surface area contributed by atoms with Crippen molar-refractivity contribution in [3.05, 3.63) is 76.2 Å². The minimum Gasteiger partial charge on any atom is -0.388 e. The van der Waals surface area contributed by atoms with E-state index in [0.717, 1.165) is 21.2 Å². The number of carbonyl (C=O) groups excluding carboxylic acids is 1. The fraction of sp³-hybridized carbons (Fsp3) is 0.304. The van der Waals surface area contributed by atoms with Gasteiger partial charge in [0, 0.05) is 29.1 Å². The van der Waals surface area contributed by atoms with Gasteiger partial charge in [0.15, 0.2) is 0 Å². The molecule has 6 nitrogen and oxygen atoms in total. The Kier molecular flexibility index (Phi) is 7.78. The first-order valence-corrected chi connectivity index (χ1v) is 11.1. The number of aromatic nitrogens is 2. The summed E-state index contributed by atoms with van der Waals surface area (Å²) in [7, 11) is 3.02. The maximum absolute atomic E-state index is 12.2. The van der Waals surface area contributed by atoms with E-state index in [1.807, 2.05) is 41.0 Å². The number of imidazole rings is 1. The number of hydrogen-bond acceptors (Lipinski definition) is 5. The van der Waals surface area contributed by atoms with E-state index in [9.17, 15) is 9.90 Å². The molecular weight excluding hydrogens is 434 g/mol. The SMILES string of the molecule is CON(C)C(=O)c1ccc(Cn2c(CO)nc(C(C)C)c2Sc2cccc(Cl)c2)cc1. The Morgan fingerprint density at radius 2 is 1.97 bits per heavy atom. The number of rotatable bonds is 8. The zero-order valence-corrected chi connectivity index (χ0v) is 19.6. The molecule has 31 heavy (non-hydrogen) atoms. The number of nitrogens with zero attached hydrogens (tertiary/aromatic N) is 3. The van der Waals surface area contributed by atoms with Crippen molar-refractivity contribution in [2.24, 2.45) is 0 Å². The lowest BCUT2D eigenvalue weighted by atomic mass is 10.1. The molecule has 0 bridgehead atoms. The van der Waals surface area contributed by atoms with Crippen molar-refractivity contribution < 1.29 is 14.7 Å². The second kappa shape index (κ2) is 10.3. The lowest BCUT2D eigenvalue weighted by Crippen LogP contribution is -2.25. The molecule has 0 spiro atoms. The minimum absolute atomic E-state index is 0.162. The lowest BCUT2D eigenvalue weighted by Gasteiger charge is -2.15. The Balaban J connectivity index is 1.95. The summed E-state index contributed by atoms with van der Waals surface area (Å²) in [6.45, 7) is 4.53. The number of hydroxylamine groups is 2. The zero-order chi connectivity index (χ0) is 22.5. The second-order valence-corrected chi connectivity index (χ2v) is 8.86. The van der Waals surface area contributed by atoms with E-state index < -0.39 is 0 Å². The normalized spacial score (nSPS) is 11.2. The smallest absolute Gasteiger partial charge is 0.277 e. The summed E-state index contributed by atoms with van der Waals surface area (Å²) in [6.07, 6.45) is 0. The molecule has 1 heterocycles. The summed E-state index contributed by atoms with van der Waals surface area (Å²) in [5.41, 5.74) is 2.46. The average Bonchev–Trinajstić information content (AvgIpc) is 3.10. The average molecular weight is 460 g/mol. The highest BCUT2D eigenvalue weighted by molar-refractivity contribution is 7.99. The van der Waals surface area contributed by atoms with Gasteiger partial charge in [-0.05, 0) is 41.8 Å². The third kappa shape index (κ3) is 5.49. The number of aliphatic hydroxyl groups excluding tert-OH is 1. The van der Waals surface area contributed by atoms with Crippen LogP contribution < -0.4 is 0 Å². The van der Waals surface area contributed by atoms with Crippen LogP contribution in [0.15, 0.2) is 58.5 Å². The van der Waals surface area contributed by atoms with Crippen LogP contribution in [-0.4, -0.2) is 39.8 Å². The van der Waals surface area contributed by atoms with E-state index in [2.05, 4.69) is 13.8 Å². The number of halogens is 1. The first-order chi connectivity index (χ1) is 14.8. The monoisotopic (exact) mass is 459 g/mol. The van der Waals surface area contributed by atoms with Crippen LogP contribution >= 0.6 is 23.4 Å². The Morgan fingerprint density at radius 3 is 2.55 bits per heavy atom. The Morgan fingerprint density at radius 1 is 1.26 bits per heavy atom. The van der Waals surface area contributed by atoms with Gasteiger partial charge in [-0.1, -0.05) is 55.4 Å². The topological polar surface area (TPSA) is 67.6 Å². The van der Waals surface area contributed by atoms with E-state index in [1.165, 1.54) is 12.2 Å². The molecule has 1 N–H and O–H groups in total. The maximum atomic E-state index is 12.2. The molecule has 3 rings (SSSR count). The fourth-order valence-electron chi connectivity index (χ4n) is 3.11. The molecular formula is C23H26ClN3O3S. The van der Waals surface area contributed by atoms with E-state index >= 15 is 0 Å². The van der Waals surface area contributed by atoms with E-state index in [4.69, 9.17) is 21.4 Å². The van der Waals surface area contributed by atoms with Crippen molar-refractivity contribution >= 4 is 29.3 Å². The molecule has 0 aliphatic carbocycles. The van der Waals surface area contributed by atoms with Crippen molar-refractivity contribution in [1.82, 2.24) is 14.6 Å². The second-order valence-electron chi connectivity index (χ2n) is 7.36. The summed E-state index contributed by atoms with van der Waals surface area (Å²) in [4.78, 5) is 22.9. The molecule has 0 atom stereocenters. The van der Waals surface area contributed by atoms with E-state index in [-0.39, 0.29) is 18.4 Å². The Hall–Kier alpha value is -2.32. The quantitative estimate of drug-likeness (QED) is 0.481. The summed E-state index contributed by atoms with van der Waals surface area (Å²) < 4.78 is 2.03. The minimum atomic E-state index is -0.216. The molecule has 0 fully saturated rings. The van der Waals surface area contributed by atoms with Gasteiger partial charge < -0.3 is 9.67 Å². The highest BCUT2D eigenvalue weighted by Gasteiger charge is 2.21. The van der Waals surface area contributed by atoms with Crippen LogP contribution in [0.1, 0.15) is 47.2 Å².